The summed E-state index contributed by atoms with van der Waals surface area (Å²) in [6, 6.07) is 14.6. The van der Waals surface area contributed by atoms with E-state index in [1.54, 1.807) is 24.4 Å². The Hall–Kier alpha value is -2.93. The molecule has 1 aromatic heterocycles. The van der Waals surface area contributed by atoms with Crippen molar-refractivity contribution >= 4 is 18.4 Å². The van der Waals surface area contributed by atoms with Gasteiger partial charge in [0.1, 0.15) is 0 Å². The van der Waals surface area contributed by atoms with Gasteiger partial charge in [0, 0.05) is 5.56 Å². The number of phenols is 1. The Morgan fingerprint density at radius 2 is 2.04 bits per heavy atom. The number of hydrogen-bond donors (Lipinski definition) is 2. The summed E-state index contributed by atoms with van der Waals surface area (Å²) in [5, 5.41) is 21.1. The Bertz CT molecular complexity index is 900. The molecule has 2 N–H and O–H groups in total. The molecular weight excluding hydrogens is 312 g/mol. The van der Waals surface area contributed by atoms with E-state index in [2.05, 4.69) is 15.3 Å². The monoisotopic (exact) mass is 326 g/mol. The molecule has 0 aliphatic rings. The summed E-state index contributed by atoms with van der Waals surface area (Å²) in [5.74, 6) is 1.08. The van der Waals surface area contributed by atoms with Crippen molar-refractivity contribution in [1.29, 1.82) is 0 Å². The number of nitrogens with one attached hydrogen (secondary N) is 1. The fourth-order valence-corrected chi connectivity index (χ4v) is 2.26. The SMILES string of the molecule is COc1ccc(/C=N\n2c(-c3ccccc3)n[nH]c2=S)cc1O. The predicted molar refractivity (Wildman–Crippen MR) is 90.5 cm³/mol. The molecule has 1 heterocycles. The molecule has 0 unspecified atom stereocenters. The Labute approximate surface area is 137 Å². The fraction of sp³-hybridized carbons (Fsp3) is 0.0625. The number of hydrogen-bond acceptors (Lipinski definition) is 5. The van der Waals surface area contributed by atoms with Gasteiger partial charge in [-0.15, -0.1) is 0 Å². The number of benzene rings is 2. The van der Waals surface area contributed by atoms with Crippen molar-refractivity contribution in [3.8, 4) is 22.9 Å². The molecular formula is C16H14N4O2S. The van der Waals surface area contributed by atoms with Gasteiger partial charge in [0.05, 0.1) is 13.3 Å². The van der Waals surface area contributed by atoms with Crippen LogP contribution in [0.4, 0.5) is 0 Å². The van der Waals surface area contributed by atoms with Gasteiger partial charge in [-0.2, -0.15) is 14.9 Å². The number of methoxy groups -OCH3 is 1. The highest BCUT2D eigenvalue weighted by Gasteiger charge is 2.07. The number of aromatic amines is 1. The highest BCUT2D eigenvalue weighted by molar-refractivity contribution is 7.71. The van der Waals surface area contributed by atoms with Gasteiger partial charge in [-0.05, 0) is 36.0 Å². The molecule has 0 aliphatic carbocycles. The lowest BCUT2D eigenvalue weighted by Gasteiger charge is -2.03. The molecule has 3 rings (SSSR count). The van der Waals surface area contributed by atoms with Crippen molar-refractivity contribution in [2.45, 2.75) is 0 Å². The molecule has 0 bridgehead atoms. The number of aromatic nitrogens is 3. The second-order valence-corrected chi connectivity index (χ2v) is 5.09. The second kappa shape index (κ2) is 6.45. The second-order valence-electron chi connectivity index (χ2n) is 4.71. The molecule has 0 spiro atoms. The van der Waals surface area contributed by atoms with E-state index in [-0.39, 0.29) is 5.75 Å². The van der Waals surface area contributed by atoms with Gasteiger partial charge in [0.2, 0.25) is 4.77 Å². The maximum Gasteiger partial charge on any atom is 0.216 e. The molecule has 7 heteroatoms. The van der Waals surface area contributed by atoms with E-state index in [1.165, 1.54) is 11.8 Å². The average Bonchev–Trinajstić information content (AvgIpc) is 2.94. The van der Waals surface area contributed by atoms with Crippen LogP contribution in [0.15, 0.2) is 53.6 Å². The van der Waals surface area contributed by atoms with E-state index in [1.807, 2.05) is 30.3 Å². The summed E-state index contributed by atoms with van der Waals surface area (Å²) in [6.07, 6.45) is 1.59. The third kappa shape index (κ3) is 3.14. The lowest BCUT2D eigenvalue weighted by Crippen LogP contribution is -1.95. The van der Waals surface area contributed by atoms with Crippen LogP contribution in [0.3, 0.4) is 0 Å². The number of ether oxygens (including phenoxy) is 1. The van der Waals surface area contributed by atoms with E-state index in [0.717, 1.165) is 5.56 Å². The van der Waals surface area contributed by atoms with Gasteiger partial charge < -0.3 is 9.84 Å². The fourth-order valence-electron chi connectivity index (χ4n) is 2.08. The Balaban J connectivity index is 1.96. The van der Waals surface area contributed by atoms with Crippen LogP contribution in [0.1, 0.15) is 5.56 Å². The minimum atomic E-state index is 0.0514. The van der Waals surface area contributed by atoms with Crippen LogP contribution in [-0.4, -0.2) is 33.3 Å². The lowest BCUT2D eigenvalue weighted by atomic mass is 10.2. The van der Waals surface area contributed by atoms with Gasteiger partial charge >= 0.3 is 0 Å². The molecule has 0 saturated heterocycles. The molecule has 6 nitrogen and oxygen atoms in total. The summed E-state index contributed by atoms with van der Waals surface area (Å²) >= 11 is 5.22. The van der Waals surface area contributed by atoms with Crippen LogP contribution in [0.5, 0.6) is 11.5 Å². The van der Waals surface area contributed by atoms with Crippen molar-refractivity contribution < 1.29 is 9.84 Å². The summed E-state index contributed by atoms with van der Waals surface area (Å²) < 4.78 is 6.94. The third-order valence-corrected chi connectivity index (χ3v) is 3.47. The number of phenolic OH excluding ortho intramolecular Hbond substituents is 1. The van der Waals surface area contributed by atoms with E-state index < -0.39 is 0 Å². The predicted octanol–water partition coefficient (Wildman–Crippen LogP) is 3.20. The molecule has 23 heavy (non-hydrogen) atoms. The number of H-pyrrole nitrogens is 1. The van der Waals surface area contributed by atoms with Crippen LogP contribution >= 0.6 is 12.2 Å². The smallest absolute Gasteiger partial charge is 0.216 e. The minimum absolute atomic E-state index is 0.0514. The Morgan fingerprint density at radius 1 is 1.26 bits per heavy atom. The summed E-state index contributed by atoms with van der Waals surface area (Å²) in [7, 11) is 1.50. The molecule has 0 radical (unpaired) electrons. The minimum Gasteiger partial charge on any atom is -0.504 e. The summed E-state index contributed by atoms with van der Waals surface area (Å²) in [4.78, 5) is 0. The molecule has 0 saturated carbocycles. The molecule has 0 aliphatic heterocycles. The first-order valence-corrected chi connectivity index (χ1v) is 7.24. The first-order chi connectivity index (χ1) is 11.2. The largest absolute Gasteiger partial charge is 0.504 e. The average molecular weight is 326 g/mol. The van der Waals surface area contributed by atoms with Crippen molar-refractivity contribution in [3.63, 3.8) is 0 Å². The van der Waals surface area contributed by atoms with Crippen LogP contribution < -0.4 is 4.74 Å². The number of nitrogens with zero attached hydrogens (tertiary/aromatic N) is 3. The van der Waals surface area contributed by atoms with Crippen molar-refractivity contribution in [2.75, 3.05) is 7.11 Å². The highest BCUT2D eigenvalue weighted by atomic mass is 32.1. The van der Waals surface area contributed by atoms with Gasteiger partial charge in [-0.1, -0.05) is 30.3 Å². The highest BCUT2D eigenvalue weighted by Crippen LogP contribution is 2.25. The Morgan fingerprint density at radius 3 is 2.74 bits per heavy atom. The first-order valence-electron chi connectivity index (χ1n) is 6.83. The third-order valence-electron chi connectivity index (χ3n) is 3.21. The van der Waals surface area contributed by atoms with Crippen LogP contribution in [0.2, 0.25) is 0 Å². The topological polar surface area (TPSA) is 75.4 Å². The lowest BCUT2D eigenvalue weighted by molar-refractivity contribution is 0.373. The summed E-state index contributed by atoms with van der Waals surface area (Å²) in [6.45, 7) is 0. The van der Waals surface area contributed by atoms with Gasteiger partial charge in [-0.25, -0.2) is 5.10 Å². The van der Waals surface area contributed by atoms with Crippen LogP contribution in [0, 0.1) is 4.77 Å². The van der Waals surface area contributed by atoms with Crippen molar-refractivity contribution in [1.82, 2.24) is 14.9 Å². The zero-order valence-corrected chi connectivity index (χ0v) is 13.1. The van der Waals surface area contributed by atoms with Crippen molar-refractivity contribution in [3.05, 3.63) is 58.9 Å². The van der Waals surface area contributed by atoms with Gasteiger partial charge in [0.25, 0.3) is 0 Å². The molecule has 2 aromatic carbocycles. The van der Waals surface area contributed by atoms with Gasteiger partial charge in [-0.3, -0.25) is 0 Å². The maximum atomic E-state index is 9.80. The normalized spacial score (nSPS) is 11.0. The molecule has 0 atom stereocenters. The van der Waals surface area contributed by atoms with Crippen LogP contribution in [-0.2, 0) is 0 Å². The summed E-state index contributed by atoms with van der Waals surface area (Å²) in [5.41, 5.74) is 1.61. The van der Waals surface area contributed by atoms with Crippen molar-refractivity contribution in [2.24, 2.45) is 5.10 Å². The van der Waals surface area contributed by atoms with E-state index in [0.29, 0.717) is 21.9 Å². The number of aromatic hydroxyl groups is 1. The number of rotatable bonds is 4. The molecule has 116 valence electrons. The quantitative estimate of drug-likeness (QED) is 0.570. The van der Waals surface area contributed by atoms with E-state index in [9.17, 15) is 5.11 Å². The molecule has 3 aromatic rings. The Kier molecular flexibility index (Phi) is 4.20. The molecule has 0 fully saturated rings. The first kappa shape index (κ1) is 15.0. The molecule has 0 amide bonds. The van der Waals surface area contributed by atoms with Gasteiger partial charge in [0.15, 0.2) is 17.3 Å². The zero-order chi connectivity index (χ0) is 16.2. The van der Waals surface area contributed by atoms with E-state index in [4.69, 9.17) is 17.0 Å². The zero-order valence-electron chi connectivity index (χ0n) is 12.3. The maximum absolute atomic E-state index is 9.80. The van der Waals surface area contributed by atoms with Crippen LogP contribution in [0.25, 0.3) is 11.4 Å². The standard InChI is InChI=1S/C16H14N4O2S/c1-22-14-8-7-11(9-13(14)21)10-17-20-15(18-19-16(20)23)12-5-3-2-4-6-12/h2-10,21H,1H3,(H,19,23)/b17-10-. The van der Waals surface area contributed by atoms with E-state index >= 15 is 0 Å².